The Kier molecular flexibility index (Phi) is 6.00. The normalized spacial score (nSPS) is 10.1. The van der Waals surface area contributed by atoms with Crippen molar-refractivity contribution in [3.05, 3.63) is 47.5 Å². The van der Waals surface area contributed by atoms with Gasteiger partial charge in [0.05, 0.1) is 12.8 Å². The maximum Gasteiger partial charge on any atom is 0.262 e. The second-order valence-electron chi connectivity index (χ2n) is 5.70. The number of methoxy groups -OCH3 is 1. The van der Waals surface area contributed by atoms with Crippen LogP contribution in [0, 0.1) is 13.8 Å². The number of carbonyl (C=O) groups is 2. The molecular formula is C19H22N2O4. The molecule has 0 unspecified atom stereocenters. The zero-order valence-corrected chi connectivity index (χ0v) is 14.8. The first kappa shape index (κ1) is 18.3. The van der Waals surface area contributed by atoms with Gasteiger partial charge in [0.15, 0.2) is 6.61 Å². The molecule has 2 amide bonds. The van der Waals surface area contributed by atoms with Crippen LogP contribution in [0.3, 0.4) is 0 Å². The molecule has 0 aliphatic heterocycles. The van der Waals surface area contributed by atoms with Gasteiger partial charge in [-0.3, -0.25) is 9.59 Å². The number of benzene rings is 2. The lowest BCUT2D eigenvalue weighted by Crippen LogP contribution is -2.21. The molecule has 0 aliphatic carbocycles. The molecular weight excluding hydrogens is 320 g/mol. The third-order valence-electron chi connectivity index (χ3n) is 3.48. The number of rotatable bonds is 6. The Morgan fingerprint density at radius 1 is 1.00 bits per heavy atom. The molecule has 0 aliphatic rings. The average Bonchev–Trinajstić information content (AvgIpc) is 2.54. The van der Waals surface area contributed by atoms with Gasteiger partial charge in [0, 0.05) is 12.6 Å². The van der Waals surface area contributed by atoms with Crippen LogP contribution in [0.5, 0.6) is 11.5 Å². The minimum absolute atomic E-state index is 0.128. The Balaban J connectivity index is 2.04. The summed E-state index contributed by atoms with van der Waals surface area (Å²) in [5.74, 6) is 0.646. The highest BCUT2D eigenvalue weighted by Gasteiger charge is 2.11. The minimum atomic E-state index is -0.321. The van der Waals surface area contributed by atoms with Crippen LogP contribution in [-0.4, -0.2) is 25.5 Å². The van der Waals surface area contributed by atoms with E-state index in [0.717, 1.165) is 11.1 Å². The number of hydrogen-bond acceptors (Lipinski definition) is 4. The largest absolute Gasteiger partial charge is 0.495 e. The van der Waals surface area contributed by atoms with Gasteiger partial charge in [-0.05, 0) is 43.7 Å². The molecule has 0 saturated heterocycles. The predicted octanol–water partition coefficient (Wildman–Crippen LogP) is 3.29. The number of anilines is 2. The number of carbonyl (C=O) groups excluding carboxylic acids is 2. The maximum absolute atomic E-state index is 12.2. The van der Waals surface area contributed by atoms with Crippen LogP contribution >= 0.6 is 0 Å². The molecule has 2 aromatic rings. The third-order valence-corrected chi connectivity index (χ3v) is 3.48. The predicted molar refractivity (Wildman–Crippen MR) is 97.3 cm³/mol. The van der Waals surface area contributed by atoms with Crippen LogP contribution in [0.1, 0.15) is 18.1 Å². The third kappa shape index (κ3) is 5.24. The molecule has 25 heavy (non-hydrogen) atoms. The van der Waals surface area contributed by atoms with Crippen molar-refractivity contribution in [1.82, 2.24) is 0 Å². The summed E-state index contributed by atoms with van der Waals surface area (Å²) in [5.41, 5.74) is 3.13. The Morgan fingerprint density at radius 2 is 1.72 bits per heavy atom. The zero-order valence-electron chi connectivity index (χ0n) is 14.8. The lowest BCUT2D eigenvalue weighted by atomic mass is 10.1. The van der Waals surface area contributed by atoms with E-state index in [-0.39, 0.29) is 18.4 Å². The van der Waals surface area contributed by atoms with E-state index in [0.29, 0.717) is 22.9 Å². The molecule has 132 valence electrons. The van der Waals surface area contributed by atoms with E-state index in [4.69, 9.17) is 9.47 Å². The van der Waals surface area contributed by atoms with Crippen LogP contribution in [-0.2, 0) is 9.59 Å². The Hall–Kier alpha value is -3.02. The van der Waals surface area contributed by atoms with Crippen LogP contribution in [0.15, 0.2) is 36.4 Å². The summed E-state index contributed by atoms with van der Waals surface area (Å²) in [5, 5.41) is 5.40. The topological polar surface area (TPSA) is 76.7 Å². The lowest BCUT2D eigenvalue weighted by Gasteiger charge is -2.13. The molecule has 6 nitrogen and oxygen atoms in total. The van der Waals surface area contributed by atoms with E-state index in [1.54, 1.807) is 18.2 Å². The molecule has 0 bridgehead atoms. The monoisotopic (exact) mass is 342 g/mol. The fourth-order valence-electron chi connectivity index (χ4n) is 2.38. The standard InChI is InChI=1S/C19H22N2O4/c1-12-5-7-17(13(2)9-12)25-11-19(23)21-16-10-15(20-14(3)22)6-8-18(16)24-4/h5-10H,11H2,1-4H3,(H,20,22)(H,21,23). The highest BCUT2D eigenvalue weighted by molar-refractivity contribution is 5.95. The van der Waals surface area contributed by atoms with Crippen molar-refractivity contribution >= 4 is 23.2 Å². The Morgan fingerprint density at radius 3 is 2.36 bits per heavy atom. The van der Waals surface area contributed by atoms with E-state index in [1.165, 1.54) is 14.0 Å². The van der Waals surface area contributed by atoms with Crippen molar-refractivity contribution in [2.24, 2.45) is 0 Å². The molecule has 0 atom stereocenters. The molecule has 0 spiro atoms. The van der Waals surface area contributed by atoms with E-state index >= 15 is 0 Å². The molecule has 0 fully saturated rings. The number of nitrogens with one attached hydrogen (secondary N) is 2. The van der Waals surface area contributed by atoms with Crippen molar-refractivity contribution in [1.29, 1.82) is 0 Å². The summed E-state index contributed by atoms with van der Waals surface area (Å²) >= 11 is 0. The number of amides is 2. The molecule has 0 radical (unpaired) electrons. The van der Waals surface area contributed by atoms with Crippen LogP contribution in [0.25, 0.3) is 0 Å². The van der Waals surface area contributed by atoms with Crippen molar-refractivity contribution < 1.29 is 19.1 Å². The van der Waals surface area contributed by atoms with E-state index in [2.05, 4.69) is 10.6 Å². The summed E-state index contributed by atoms with van der Waals surface area (Å²) in [4.78, 5) is 23.4. The van der Waals surface area contributed by atoms with Crippen molar-refractivity contribution in [3.8, 4) is 11.5 Å². The number of hydrogen-bond donors (Lipinski definition) is 2. The van der Waals surface area contributed by atoms with Crippen LogP contribution in [0.4, 0.5) is 11.4 Å². The SMILES string of the molecule is COc1ccc(NC(C)=O)cc1NC(=O)COc1ccc(C)cc1C. The number of aryl methyl sites for hydroxylation is 2. The fraction of sp³-hybridized carbons (Fsp3) is 0.263. The molecule has 0 saturated carbocycles. The Bertz CT molecular complexity index is 787. The molecule has 6 heteroatoms. The van der Waals surface area contributed by atoms with E-state index in [1.807, 2.05) is 32.0 Å². The highest BCUT2D eigenvalue weighted by atomic mass is 16.5. The van der Waals surface area contributed by atoms with Crippen LogP contribution < -0.4 is 20.1 Å². The zero-order chi connectivity index (χ0) is 18.4. The first-order valence-electron chi connectivity index (χ1n) is 7.84. The smallest absolute Gasteiger partial charge is 0.262 e. The van der Waals surface area contributed by atoms with Crippen LogP contribution in [0.2, 0.25) is 0 Å². The molecule has 0 aromatic heterocycles. The van der Waals surface area contributed by atoms with Gasteiger partial charge in [-0.2, -0.15) is 0 Å². The van der Waals surface area contributed by atoms with E-state index < -0.39 is 0 Å². The van der Waals surface area contributed by atoms with Gasteiger partial charge in [0.2, 0.25) is 5.91 Å². The molecule has 2 aromatic carbocycles. The van der Waals surface area contributed by atoms with Gasteiger partial charge in [-0.15, -0.1) is 0 Å². The second-order valence-corrected chi connectivity index (χ2v) is 5.70. The van der Waals surface area contributed by atoms with Gasteiger partial charge in [0.1, 0.15) is 11.5 Å². The van der Waals surface area contributed by atoms with E-state index in [9.17, 15) is 9.59 Å². The maximum atomic E-state index is 12.2. The fourth-order valence-corrected chi connectivity index (χ4v) is 2.38. The lowest BCUT2D eigenvalue weighted by molar-refractivity contribution is -0.118. The van der Waals surface area contributed by atoms with Crippen molar-refractivity contribution in [3.63, 3.8) is 0 Å². The van der Waals surface area contributed by atoms with Gasteiger partial charge in [-0.1, -0.05) is 17.7 Å². The summed E-state index contributed by atoms with van der Waals surface area (Å²) in [6.07, 6.45) is 0. The van der Waals surface area contributed by atoms with Gasteiger partial charge >= 0.3 is 0 Å². The first-order valence-corrected chi connectivity index (χ1v) is 7.84. The average molecular weight is 342 g/mol. The first-order chi connectivity index (χ1) is 11.9. The van der Waals surface area contributed by atoms with Gasteiger partial charge in [0.25, 0.3) is 5.91 Å². The number of ether oxygens (including phenoxy) is 2. The van der Waals surface area contributed by atoms with Crippen molar-refractivity contribution in [2.45, 2.75) is 20.8 Å². The minimum Gasteiger partial charge on any atom is -0.495 e. The molecule has 0 heterocycles. The highest BCUT2D eigenvalue weighted by Crippen LogP contribution is 2.28. The van der Waals surface area contributed by atoms with Gasteiger partial charge < -0.3 is 20.1 Å². The van der Waals surface area contributed by atoms with Gasteiger partial charge in [-0.25, -0.2) is 0 Å². The quantitative estimate of drug-likeness (QED) is 0.844. The second kappa shape index (κ2) is 8.19. The summed E-state index contributed by atoms with van der Waals surface area (Å²) in [7, 11) is 1.51. The summed E-state index contributed by atoms with van der Waals surface area (Å²) in [6.45, 7) is 5.22. The molecule has 2 N–H and O–H groups in total. The summed E-state index contributed by atoms with van der Waals surface area (Å²) < 4.78 is 10.8. The Labute approximate surface area is 147 Å². The summed E-state index contributed by atoms with van der Waals surface area (Å²) in [6, 6.07) is 10.8. The van der Waals surface area contributed by atoms with Crippen molar-refractivity contribution in [2.75, 3.05) is 24.4 Å². The molecule has 2 rings (SSSR count).